The van der Waals surface area contributed by atoms with Crippen molar-refractivity contribution in [2.24, 2.45) is 10.4 Å². The van der Waals surface area contributed by atoms with E-state index >= 15 is 0 Å². The molecule has 0 radical (unpaired) electrons. The summed E-state index contributed by atoms with van der Waals surface area (Å²) in [7, 11) is -1.20. The minimum atomic E-state index is -3.00. The van der Waals surface area contributed by atoms with Crippen molar-refractivity contribution in [2.45, 2.75) is 39.5 Å². The highest BCUT2D eigenvalue weighted by Gasteiger charge is 2.36. The van der Waals surface area contributed by atoms with Crippen molar-refractivity contribution in [3.63, 3.8) is 0 Å². The molecule has 0 aromatic heterocycles. The fourth-order valence-electron chi connectivity index (χ4n) is 3.51. The van der Waals surface area contributed by atoms with Gasteiger partial charge in [0, 0.05) is 39.8 Å². The summed E-state index contributed by atoms with van der Waals surface area (Å²) >= 11 is 0. The lowest BCUT2D eigenvalue weighted by Crippen LogP contribution is -2.44. The Morgan fingerprint density at radius 2 is 1.96 bits per heavy atom. The highest BCUT2D eigenvalue weighted by molar-refractivity contribution is 14.0. The molecule has 136 valence electrons. The van der Waals surface area contributed by atoms with Gasteiger partial charge in [-0.1, -0.05) is 13.8 Å². The molecule has 0 amide bonds. The molecule has 23 heavy (non-hydrogen) atoms. The van der Waals surface area contributed by atoms with Gasteiger partial charge < -0.3 is 10.2 Å². The molecular formula is C15H31IN4O2S. The summed E-state index contributed by atoms with van der Waals surface area (Å²) in [5.74, 6) is 1.20. The van der Waals surface area contributed by atoms with Gasteiger partial charge in [0.15, 0.2) is 5.96 Å². The van der Waals surface area contributed by atoms with Crippen molar-refractivity contribution >= 4 is 40.0 Å². The lowest BCUT2D eigenvalue weighted by atomic mass is 9.82. The SMILES string of the molecule is CCC1(CC)CCN(C(=NC)NCCN2CCCS2(=O)=O)C1.I. The molecule has 2 heterocycles. The molecule has 8 heteroatoms. The molecule has 2 aliphatic rings. The van der Waals surface area contributed by atoms with Crippen LogP contribution in [0.3, 0.4) is 0 Å². The lowest BCUT2D eigenvalue weighted by Gasteiger charge is -2.28. The third-order valence-electron chi connectivity index (χ3n) is 5.30. The highest BCUT2D eigenvalue weighted by Crippen LogP contribution is 2.36. The molecule has 0 unspecified atom stereocenters. The lowest BCUT2D eigenvalue weighted by molar-refractivity contribution is 0.276. The molecular weight excluding hydrogens is 427 g/mol. The summed E-state index contributed by atoms with van der Waals surface area (Å²) < 4.78 is 25.2. The summed E-state index contributed by atoms with van der Waals surface area (Å²) in [6.45, 7) is 8.41. The molecule has 6 nitrogen and oxygen atoms in total. The second-order valence-electron chi connectivity index (χ2n) is 6.42. The van der Waals surface area contributed by atoms with Crippen LogP contribution < -0.4 is 5.32 Å². The quantitative estimate of drug-likeness (QED) is 0.387. The van der Waals surface area contributed by atoms with Crippen LogP contribution in [0.1, 0.15) is 39.5 Å². The third-order valence-corrected chi connectivity index (χ3v) is 7.25. The van der Waals surface area contributed by atoms with Crippen LogP contribution >= 0.6 is 24.0 Å². The monoisotopic (exact) mass is 458 g/mol. The third kappa shape index (κ3) is 4.94. The summed E-state index contributed by atoms with van der Waals surface area (Å²) in [6, 6.07) is 0. The van der Waals surface area contributed by atoms with Crippen LogP contribution in [0.4, 0.5) is 0 Å². The van der Waals surface area contributed by atoms with Crippen molar-refractivity contribution in [2.75, 3.05) is 45.5 Å². The zero-order valence-electron chi connectivity index (χ0n) is 14.5. The molecule has 2 rings (SSSR count). The molecule has 0 spiro atoms. The standard InChI is InChI=1S/C15H30N4O2S.HI/c1-4-15(5-2)7-10-18(13-15)14(16-3)17-8-11-19-9-6-12-22(19,20)21;/h4-13H2,1-3H3,(H,16,17);1H. The maximum absolute atomic E-state index is 11.8. The van der Waals surface area contributed by atoms with E-state index in [0.29, 0.717) is 30.8 Å². The Hall–Kier alpha value is -0.0900. The van der Waals surface area contributed by atoms with Gasteiger partial charge in [-0.3, -0.25) is 4.99 Å². The van der Waals surface area contributed by atoms with E-state index in [1.807, 2.05) is 0 Å². The van der Waals surface area contributed by atoms with Crippen LogP contribution in [0.5, 0.6) is 0 Å². The summed E-state index contributed by atoms with van der Waals surface area (Å²) in [4.78, 5) is 6.68. The number of aliphatic imine (C=N–C) groups is 1. The van der Waals surface area contributed by atoms with Crippen LogP contribution in [-0.4, -0.2) is 69.1 Å². The molecule has 0 atom stereocenters. The minimum Gasteiger partial charge on any atom is -0.355 e. The average Bonchev–Trinajstić information content (AvgIpc) is 3.08. The molecule has 2 saturated heterocycles. The molecule has 0 bridgehead atoms. The topological polar surface area (TPSA) is 65.0 Å². The van der Waals surface area contributed by atoms with E-state index in [2.05, 4.69) is 29.1 Å². The van der Waals surface area contributed by atoms with Crippen LogP contribution in [0.15, 0.2) is 4.99 Å². The Labute approximate surface area is 158 Å². The first-order valence-corrected chi connectivity index (χ1v) is 10.0. The Bertz CT molecular complexity index is 506. The number of hydrogen-bond donors (Lipinski definition) is 1. The number of nitrogens with zero attached hydrogens (tertiary/aromatic N) is 3. The number of sulfonamides is 1. The number of halogens is 1. The van der Waals surface area contributed by atoms with Gasteiger partial charge in [0.05, 0.1) is 5.75 Å². The van der Waals surface area contributed by atoms with E-state index in [1.54, 1.807) is 11.4 Å². The number of likely N-dealkylation sites (tertiary alicyclic amines) is 1. The zero-order chi connectivity index (χ0) is 16.2. The predicted molar refractivity (Wildman–Crippen MR) is 106 cm³/mol. The van der Waals surface area contributed by atoms with E-state index in [9.17, 15) is 8.42 Å². The molecule has 1 N–H and O–H groups in total. The van der Waals surface area contributed by atoms with Gasteiger partial charge in [-0.2, -0.15) is 0 Å². The van der Waals surface area contributed by atoms with E-state index in [1.165, 1.54) is 19.3 Å². The second kappa shape index (κ2) is 8.84. The van der Waals surface area contributed by atoms with Crippen molar-refractivity contribution < 1.29 is 8.42 Å². The predicted octanol–water partition coefficient (Wildman–Crippen LogP) is 1.73. The smallest absolute Gasteiger partial charge is 0.214 e. The van der Waals surface area contributed by atoms with Gasteiger partial charge in [0.25, 0.3) is 0 Å². The van der Waals surface area contributed by atoms with Gasteiger partial charge >= 0.3 is 0 Å². The molecule has 0 saturated carbocycles. The fraction of sp³-hybridized carbons (Fsp3) is 0.933. The van der Waals surface area contributed by atoms with E-state index in [4.69, 9.17) is 0 Å². The summed E-state index contributed by atoms with van der Waals surface area (Å²) in [5.41, 5.74) is 0.413. The number of guanidine groups is 1. The van der Waals surface area contributed by atoms with Crippen LogP contribution in [0.25, 0.3) is 0 Å². The maximum atomic E-state index is 11.8. The first-order valence-electron chi connectivity index (χ1n) is 8.40. The van der Waals surface area contributed by atoms with Crippen molar-refractivity contribution in [3.8, 4) is 0 Å². The van der Waals surface area contributed by atoms with Crippen LogP contribution in [0, 0.1) is 5.41 Å². The first-order chi connectivity index (χ1) is 10.5. The van der Waals surface area contributed by atoms with Crippen molar-refractivity contribution in [1.29, 1.82) is 0 Å². The molecule has 0 aromatic rings. The van der Waals surface area contributed by atoms with E-state index in [0.717, 1.165) is 25.5 Å². The first kappa shape index (κ1) is 21.0. The van der Waals surface area contributed by atoms with Gasteiger partial charge in [-0.25, -0.2) is 12.7 Å². The Kier molecular flexibility index (Phi) is 8.06. The average molecular weight is 458 g/mol. The van der Waals surface area contributed by atoms with E-state index < -0.39 is 10.0 Å². The van der Waals surface area contributed by atoms with E-state index in [-0.39, 0.29) is 24.0 Å². The maximum Gasteiger partial charge on any atom is 0.214 e. The Morgan fingerprint density at radius 3 is 2.43 bits per heavy atom. The fourth-order valence-corrected chi connectivity index (χ4v) is 5.04. The van der Waals surface area contributed by atoms with Gasteiger partial charge in [0.1, 0.15) is 0 Å². The number of nitrogens with one attached hydrogen (secondary N) is 1. The Morgan fingerprint density at radius 1 is 1.26 bits per heavy atom. The van der Waals surface area contributed by atoms with Gasteiger partial charge in [0.2, 0.25) is 10.0 Å². The van der Waals surface area contributed by atoms with Gasteiger partial charge in [-0.05, 0) is 31.1 Å². The summed E-state index contributed by atoms with van der Waals surface area (Å²) in [5, 5.41) is 3.33. The molecule has 2 fully saturated rings. The summed E-state index contributed by atoms with van der Waals surface area (Å²) in [6.07, 6.45) is 4.35. The number of rotatable bonds is 5. The minimum absolute atomic E-state index is 0. The van der Waals surface area contributed by atoms with Crippen molar-refractivity contribution in [3.05, 3.63) is 0 Å². The molecule has 0 aromatic carbocycles. The zero-order valence-corrected chi connectivity index (χ0v) is 17.7. The normalized spacial score (nSPS) is 23.8. The highest BCUT2D eigenvalue weighted by atomic mass is 127. The number of hydrogen-bond acceptors (Lipinski definition) is 3. The van der Waals surface area contributed by atoms with Crippen LogP contribution in [0.2, 0.25) is 0 Å². The largest absolute Gasteiger partial charge is 0.355 e. The molecule has 2 aliphatic heterocycles. The van der Waals surface area contributed by atoms with Crippen molar-refractivity contribution in [1.82, 2.24) is 14.5 Å². The van der Waals surface area contributed by atoms with Gasteiger partial charge in [-0.15, -0.1) is 24.0 Å². The second-order valence-corrected chi connectivity index (χ2v) is 8.51. The Balaban J connectivity index is 0.00000264. The van der Waals surface area contributed by atoms with Crippen LogP contribution in [-0.2, 0) is 10.0 Å². The molecule has 0 aliphatic carbocycles.